The van der Waals surface area contributed by atoms with Crippen LogP contribution < -0.4 is 5.73 Å². The van der Waals surface area contributed by atoms with Crippen molar-refractivity contribution >= 4 is 5.84 Å². The Bertz CT molecular complexity index is 255. The first-order valence-corrected chi connectivity index (χ1v) is 5.36. The van der Waals surface area contributed by atoms with Crippen molar-refractivity contribution in [1.29, 1.82) is 5.41 Å². The number of nitrogens with one attached hydrogen (secondary N) is 1. The van der Waals surface area contributed by atoms with Gasteiger partial charge in [0.1, 0.15) is 0 Å². The van der Waals surface area contributed by atoms with E-state index in [0.717, 1.165) is 0 Å². The van der Waals surface area contributed by atoms with E-state index < -0.39 is 12.6 Å². The second kappa shape index (κ2) is 4.61. The van der Waals surface area contributed by atoms with Crippen LogP contribution in [0.3, 0.4) is 0 Å². The molecule has 1 rings (SSSR count). The van der Waals surface area contributed by atoms with E-state index in [1.165, 1.54) is 0 Å². The average molecular weight is 237 g/mol. The summed E-state index contributed by atoms with van der Waals surface area (Å²) in [6, 6.07) is 0. The Labute approximate surface area is 93.3 Å². The van der Waals surface area contributed by atoms with Gasteiger partial charge in [0.15, 0.2) is 0 Å². The predicted molar refractivity (Wildman–Crippen MR) is 56.4 cm³/mol. The van der Waals surface area contributed by atoms with Gasteiger partial charge in [-0.3, -0.25) is 5.41 Å². The summed E-state index contributed by atoms with van der Waals surface area (Å²) in [6.45, 7) is 3.13. The highest BCUT2D eigenvalue weighted by atomic mass is 19.4. The molecule has 1 aliphatic rings. The molecule has 1 aliphatic heterocycles. The van der Waals surface area contributed by atoms with Crippen molar-refractivity contribution in [1.82, 2.24) is 4.90 Å². The molecule has 16 heavy (non-hydrogen) atoms. The fourth-order valence-electron chi connectivity index (χ4n) is 1.82. The highest BCUT2D eigenvalue weighted by Crippen LogP contribution is 2.31. The Balaban J connectivity index is 2.35. The molecule has 3 N–H and O–H groups in total. The van der Waals surface area contributed by atoms with Crippen molar-refractivity contribution < 1.29 is 13.2 Å². The van der Waals surface area contributed by atoms with E-state index in [-0.39, 0.29) is 17.8 Å². The minimum atomic E-state index is -4.08. The number of halogens is 3. The van der Waals surface area contributed by atoms with Gasteiger partial charge in [0.25, 0.3) is 0 Å². The maximum absolute atomic E-state index is 12.0. The maximum atomic E-state index is 12.0. The summed E-state index contributed by atoms with van der Waals surface area (Å²) >= 11 is 0. The van der Waals surface area contributed by atoms with Crippen LogP contribution in [0.5, 0.6) is 0 Å². The molecule has 0 aromatic carbocycles. The normalized spacial score (nSPS) is 22.0. The summed E-state index contributed by atoms with van der Waals surface area (Å²) in [5, 5.41) is 7.43. The monoisotopic (exact) mass is 237 g/mol. The van der Waals surface area contributed by atoms with Crippen LogP contribution in [0, 0.1) is 10.8 Å². The Morgan fingerprint density at radius 3 is 2.25 bits per heavy atom. The highest BCUT2D eigenvalue weighted by molar-refractivity contribution is 5.83. The van der Waals surface area contributed by atoms with Crippen molar-refractivity contribution in [2.24, 2.45) is 11.1 Å². The van der Waals surface area contributed by atoms with Gasteiger partial charge in [0, 0.05) is 12.0 Å². The number of amidine groups is 1. The topological polar surface area (TPSA) is 53.1 Å². The predicted octanol–water partition coefficient (Wildman–Crippen LogP) is 1.98. The van der Waals surface area contributed by atoms with Crippen LogP contribution in [0.25, 0.3) is 0 Å². The van der Waals surface area contributed by atoms with Gasteiger partial charge in [0.05, 0.1) is 12.3 Å². The zero-order chi connectivity index (χ0) is 12.4. The highest BCUT2D eigenvalue weighted by Gasteiger charge is 2.34. The van der Waals surface area contributed by atoms with Crippen molar-refractivity contribution in [2.45, 2.75) is 32.4 Å². The van der Waals surface area contributed by atoms with Crippen LogP contribution in [0.15, 0.2) is 0 Å². The number of nitrogens with two attached hydrogens (primary N) is 1. The Morgan fingerprint density at radius 2 is 1.88 bits per heavy atom. The third kappa shape index (κ3) is 3.66. The summed E-state index contributed by atoms with van der Waals surface area (Å²) in [5.41, 5.74) is 5.15. The first kappa shape index (κ1) is 13.3. The van der Waals surface area contributed by atoms with Crippen molar-refractivity contribution in [2.75, 3.05) is 19.6 Å². The molecule has 0 spiro atoms. The number of alkyl halides is 3. The van der Waals surface area contributed by atoms with Gasteiger partial charge >= 0.3 is 6.18 Å². The molecule has 0 aromatic rings. The lowest BCUT2D eigenvalue weighted by Crippen LogP contribution is -2.45. The summed E-state index contributed by atoms with van der Waals surface area (Å²) < 4.78 is 36.0. The summed E-state index contributed by atoms with van der Waals surface area (Å²) in [5.74, 6) is 0.142. The smallest absolute Gasteiger partial charge is 0.387 e. The van der Waals surface area contributed by atoms with Gasteiger partial charge in [-0.05, 0) is 25.9 Å². The minimum absolute atomic E-state index is 0.0531. The van der Waals surface area contributed by atoms with Crippen molar-refractivity contribution in [3.63, 3.8) is 0 Å². The van der Waals surface area contributed by atoms with Crippen LogP contribution >= 0.6 is 0 Å². The van der Waals surface area contributed by atoms with Gasteiger partial charge in [-0.2, -0.15) is 13.2 Å². The number of piperidine rings is 1. The molecule has 0 unspecified atom stereocenters. The van der Waals surface area contributed by atoms with Gasteiger partial charge in [-0.1, -0.05) is 6.92 Å². The summed E-state index contributed by atoms with van der Waals surface area (Å²) in [7, 11) is 0. The molecule has 3 nitrogen and oxygen atoms in total. The fourth-order valence-corrected chi connectivity index (χ4v) is 1.82. The molecular formula is C10H18F3N3. The largest absolute Gasteiger partial charge is 0.390 e. The lowest BCUT2D eigenvalue weighted by Gasteiger charge is -2.38. The van der Waals surface area contributed by atoms with E-state index in [1.807, 2.05) is 6.92 Å². The number of likely N-dealkylation sites (tertiary alicyclic amines) is 1. The standard InChI is InChI=1S/C10H18F3N3/c1-9(8(14)15)2-5-16(6-3-9)7-4-10(11,12)13/h2-7H2,1H3,(H3,14,15). The molecule has 1 heterocycles. The van der Waals surface area contributed by atoms with E-state index in [4.69, 9.17) is 11.1 Å². The summed E-state index contributed by atoms with van der Waals surface area (Å²) in [4.78, 5) is 1.79. The molecule has 0 amide bonds. The second-order valence-corrected chi connectivity index (χ2v) is 4.68. The molecule has 1 saturated heterocycles. The van der Waals surface area contributed by atoms with Crippen LogP contribution in [0.4, 0.5) is 13.2 Å². The molecule has 1 fully saturated rings. The molecule has 0 atom stereocenters. The Hall–Kier alpha value is -0.780. The lowest BCUT2D eigenvalue weighted by atomic mass is 9.79. The van der Waals surface area contributed by atoms with Gasteiger partial charge < -0.3 is 10.6 Å². The summed E-state index contributed by atoms with van der Waals surface area (Å²) in [6.07, 6.45) is -3.51. The Kier molecular flexibility index (Phi) is 3.83. The van der Waals surface area contributed by atoms with Gasteiger partial charge in [-0.25, -0.2) is 0 Å². The van der Waals surface area contributed by atoms with Crippen molar-refractivity contribution in [3.8, 4) is 0 Å². The van der Waals surface area contributed by atoms with E-state index in [1.54, 1.807) is 4.90 Å². The average Bonchev–Trinajstić information content (AvgIpc) is 2.15. The number of rotatable bonds is 3. The molecule has 0 aliphatic carbocycles. The number of hydrogen-bond acceptors (Lipinski definition) is 2. The molecule has 94 valence electrons. The first-order chi connectivity index (χ1) is 7.23. The zero-order valence-electron chi connectivity index (χ0n) is 9.40. The zero-order valence-corrected chi connectivity index (χ0v) is 9.40. The first-order valence-electron chi connectivity index (χ1n) is 5.36. The van der Waals surface area contributed by atoms with E-state index in [9.17, 15) is 13.2 Å². The van der Waals surface area contributed by atoms with E-state index in [2.05, 4.69) is 0 Å². The van der Waals surface area contributed by atoms with Crippen molar-refractivity contribution in [3.05, 3.63) is 0 Å². The molecule has 6 heteroatoms. The van der Waals surface area contributed by atoms with Crippen LogP contribution in [0.1, 0.15) is 26.2 Å². The third-order valence-corrected chi connectivity index (χ3v) is 3.32. The van der Waals surface area contributed by atoms with E-state index >= 15 is 0 Å². The molecule has 0 aromatic heterocycles. The second-order valence-electron chi connectivity index (χ2n) is 4.68. The van der Waals surface area contributed by atoms with Crippen LogP contribution in [-0.2, 0) is 0 Å². The fraction of sp³-hybridized carbons (Fsp3) is 0.900. The molecule has 0 bridgehead atoms. The molecule has 0 radical (unpaired) electrons. The van der Waals surface area contributed by atoms with Crippen LogP contribution in [0.2, 0.25) is 0 Å². The van der Waals surface area contributed by atoms with Gasteiger partial charge in [-0.15, -0.1) is 0 Å². The Morgan fingerprint density at radius 1 is 1.38 bits per heavy atom. The number of hydrogen-bond donors (Lipinski definition) is 2. The third-order valence-electron chi connectivity index (χ3n) is 3.32. The quantitative estimate of drug-likeness (QED) is 0.582. The minimum Gasteiger partial charge on any atom is -0.387 e. The van der Waals surface area contributed by atoms with Crippen LogP contribution in [-0.4, -0.2) is 36.5 Å². The maximum Gasteiger partial charge on any atom is 0.390 e. The number of nitrogens with zero attached hydrogens (tertiary/aromatic N) is 1. The lowest BCUT2D eigenvalue weighted by molar-refractivity contribution is -0.138. The van der Waals surface area contributed by atoms with Gasteiger partial charge in [0.2, 0.25) is 0 Å². The SMILES string of the molecule is CC1(C(=N)N)CCN(CCC(F)(F)F)CC1. The molecule has 0 saturated carbocycles. The molecular weight excluding hydrogens is 219 g/mol. The van der Waals surface area contributed by atoms with E-state index in [0.29, 0.717) is 25.9 Å².